The van der Waals surface area contributed by atoms with Gasteiger partial charge in [-0.3, -0.25) is 29.8 Å². The number of ether oxygens (including phenoxy) is 2. The molecule has 0 radical (unpaired) electrons. The molecule has 0 fully saturated rings. The van der Waals surface area contributed by atoms with Gasteiger partial charge in [0.15, 0.2) is 0 Å². The van der Waals surface area contributed by atoms with Crippen LogP contribution in [-0.4, -0.2) is 47.7 Å². The lowest BCUT2D eigenvalue weighted by atomic mass is 10.1. The van der Waals surface area contributed by atoms with Gasteiger partial charge in [-0.1, -0.05) is 0 Å². The van der Waals surface area contributed by atoms with E-state index in [9.17, 15) is 47.4 Å². The first-order chi connectivity index (χ1) is 15.8. The van der Waals surface area contributed by atoms with Gasteiger partial charge in [0, 0.05) is 0 Å². The lowest BCUT2D eigenvalue weighted by Gasteiger charge is -2.24. The molecule has 2 amide bonds. The highest BCUT2D eigenvalue weighted by Crippen LogP contribution is 2.39. The molecule has 34 heavy (non-hydrogen) atoms. The smallest absolute Gasteiger partial charge is 0.396 e. The maximum absolute atomic E-state index is 14.3. The van der Waals surface area contributed by atoms with E-state index in [-0.39, 0.29) is 11.5 Å². The molecular formula is C18H14F4N4O8. The van der Waals surface area contributed by atoms with Crippen molar-refractivity contribution in [3.63, 3.8) is 0 Å². The van der Waals surface area contributed by atoms with Gasteiger partial charge in [-0.15, -0.1) is 0 Å². The molecule has 0 unspecified atom stereocenters. The number of amides is 2. The monoisotopic (exact) mass is 490 g/mol. The van der Waals surface area contributed by atoms with Crippen molar-refractivity contribution in [1.82, 2.24) is 0 Å². The third-order valence-corrected chi connectivity index (χ3v) is 4.26. The van der Waals surface area contributed by atoms with Gasteiger partial charge >= 0.3 is 23.7 Å². The van der Waals surface area contributed by atoms with Crippen LogP contribution < -0.4 is 20.1 Å². The topological polar surface area (TPSA) is 163 Å². The summed E-state index contributed by atoms with van der Waals surface area (Å²) in [7, 11) is 2.27. The number of hydrogen-bond donors (Lipinski definition) is 2. The molecule has 2 aromatic carbocycles. The first-order valence-electron chi connectivity index (χ1n) is 8.79. The van der Waals surface area contributed by atoms with Gasteiger partial charge in [0.25, 0.3) is 11.4 Å². The van der Waals surface area contributed by atoms with Gasteiger partial charge in [0.05, 0.1) is 36.2 Å². The quantitative estimate of drug-likeness (QED) is 0.307. The van der Waals surface area contributed by atoms with Crippen LogP contribution in [0.4, 0.5) is 40.3 Å². The highest BCUT2D eigenvalue weighted by molar-refractivity contribution is 6.06. The van der Waals surface area contributed by atoms with Crippen molar-refractivity contribution in [2.24, 2.45) is 0 Å². The van der Waals surface area contributed by atoms with E-state index in [2.05, 4.69) is 0 Å². The van der Waals surface area contributed by atoms with Crippen molar-refractivity contribution < 1.29 is 46.5 Å². The molecule has 0 aliphatic carbocycles. The summed E-state index contributed by atoms with van der Waals surface area (Å²) in [6.07, 6.45) is 0. The number of carbonyl (C=O) groups is 2. The SMILES string of the molecule is COc1ccc(NC(=O)C(F)(F)C(F)(F)C(=O)Nc2ccc(OC)cc2[N+](=O)[O-])c([N+](=O)[O-])c1. The van der Waals surface area contributed by atoms with Crippen molar-refractivity contribution >= 4 is 34.6 Å². The van der Waals surface area contributed by atoms with E-state index in [4.69, 9.17) is 9.47 Å². The van der Waals surface area contributed by atoms with Gasteiger partial charge in [0.1, 0.15) is 22.9 Å². The molecule has 0 aliphatic heterocycles. The van der Waals surface area contributed by atoms with Gasteiger partial charge in [-0.25, -0.2) is 0 Å². The number of nitro benzene ring substituents is 2. The van der Waals surface area contributed by atoms with E-state index in [1.165, 1.54) is 10.6 Å². The van der Waals surface area contributed by atoms with Crippen molar-refractivity contribution in [2.45, 2.75) is 11.8 Å². The van der Waals surface area contributed by atoms with Crippen LogP contribution in [-0.2, 0) is 9.59 Å². The molecule has 182 valence electrons. The predicted molar refractivity (Wildman–Crippen MR) is 106 cm³/mol. The minimum Gasteiger partial charge on any atom is -0.496 e. The molecule has 0 atom stereocenters. The van der Waals surface area contributed by atoms with Crippen molar-refractivity contribution in [2.75, 3.05) is 24.9 Å². The first kappa shape index (κ1) is 25.8. The van der Waals surface area contributed by atoms with E-state index < -0.39 is 56.3 Å². The molecule has 12 nitrogen and oxygen atoms in total. The third-order valence-electron chi connectivity index (χ3n) is 4.26. The highest BCUT2D eigenvalue weighted by atomic mass is 19.3. The minimum absolute atomic E-state index is 0.0951. The number of carbonyl (C=O) groups excluding carboxylic acids is 2. The second-order valence-electron chi connectivity index (χ2n) is 6.34. The zero-order valence-electron chi connectivity index (χ0n) is 17.1. The number of nitrogens with one attached hydrogen (secondary N) is 2. The standard InChI is InChI=1S/C18H14F4N4O8/c1-33-9-3-5-11(13(7-9)25(29)30)23-15(27)17(19,20)18(21,22)16(28)24-12-6-4-10(34-2)8-14(12)26(31)32/h3-8H,1-2H3,(H,23,27)(H,24,28). The summed E-state index contributed by atoms with van der Waals surface area (Å²) in [5.41, 5.74) is -3.66. The Hall–Kier alpha value is -4.50. The van der Waals surface area contributed by atoms with E-state index in [0.29, 0.717) is 0 Å². The lowest BCUT2D eigenvalue weighted by molar-refractivity contribution is -0.384. The number of alkyl halides is 4. The van der Waals surface area contributed by atoms with Crippen molar-refractivity contribution in [3.05, 3.63) is 56.6 Å². The zero-order chi connectivity index (χ0) is 25.8. The maximum Gasteiger partial charge on any atom is 0.396 e. The van der Waals surface area contributed by atoms with E-state index in [0.717, 1.165) is 50.6 Å². The maximum atomic E-state index is 14.3. The molecular weight excluding hydrogens is 476 g/mol. The number of rotatable bonds is 9. The fourth-order valence-corrected chi connectivity index (χ4v) is 2.48. The summed E-state index contributed by atoms with van der Waals surface area (Å²) >= 11 is 0. The molecule has 0 aliphatic rings. The first-order valence-corrected chi connectivity index (χ1v) is 8.79. The van der Waals surface area contributed by atoms with Crippen LogP contribution >= 0.6 is 0 Å². The molecule has 0 saturated carbocycles. The van der Waals surface area contributed by atoms with Crippen LogP contribution in [0.15, 0.2) is 36.4 Å². The Balaban J connectivity index is 2.33. The van der Waals surface area contributed by atoms with Crippen LogP contribution in [0, 0.1) is 20.2 Å². The molecule has 0 saturated heterocycles. The summed E-state index contributed by atoms with van der Waals surface area (Å²) in [5, 5.41) is 24.8. The number of benzene rings is 2. The van der Waals surface area contributed by atoms with E-state index in [1.807, 2.05) is 0 Å². The second-order valence-corrected chi connectivity index (χ2v) is 6.34. The average Bonchev–Trinajstić information content (AvgIpc) is 2.78. The van der Waals surface area contributed by atoms with Gasteiger partial charge in [-0.05, 0) is 24.3 Å². The lowest BCUT2D eigenvalue weighted by Crippen LogP contribution is -2.56. The van der Waals surface area contributed by atoms with Crippen LogP contribution in [0.3, 0.4) is 0 Å². The average molecular weight is 490 g/mol. The summed E-state index contributed by atoms with van der Waals surface area (Å²) in [5.74, 6) is -17.1. The number of halogens is 4. The highest BCUT2D eigenvalue weighted by Gasteiger charge is 2.67. The van der Waals surface area contributed by atoms with E-state index >= 15 is 0 Å². The zero-order valence-corrected chi connectivity index (χ0v) is 17.1. The number of anilines is 2. The minimum atomic E-state index is -5.73. The number of nitro groups is 2. The normalized spacial score (nSPS) is 11.4. The second kappa shape index (κ2) is 9.55. The summed E-state index contributed by atoms with van der Waals surface area (Å²) in [4.78, 5) is 43.9. The predicted octanol–water partition coefficient (Wildman–Crippen LogP) is 3.37. The molecule has 0 spiro atoms. The van der Waals surface area contributed by atoms with Crippen molar-refractivity contribution in [3.8, 4) is 11.5 Å². The molecule has 0 aromatic heterocycles. The fraction of sp³-hybridized carbons (Fsp3) is 0.222. The molecule has 16 heteroatoms. The molecule has 0 heterocycles. The summed E-state index contributed by atoms with van der Waals surface area (Å²) in [6.45, 7) is 0. The van der Waals surface area contributed by atoms with Crippen LogP contribution in [0.25, 0.3) is 0 Å². The molecule has 2 rings (SSSR count). The molecule has 2 N–H and O–H groups in total. The van der Waals surface area contributed by atoms with Gasteiger partial charge in [-0.2, -0.15) is 17.6 Å². The molecule has 2 aromatic rings. The Bertz CT molecular complexity index is 1070. The summed E-state index contributed by atoms with van der Waals surface area (Å²) in [6, 6.07) is 5.03. The van der Waals surface area contributed by atoms with Crippen molar-refractivity contribution in [1.29, 1.82) is 0 Å². The number of hydrogen-bond acceptors (Lipinski definition) is 8. The van der Waals surface area contributed by atoms with Crippen LogP contribution in [0.1, 0.15) is 0 Å². The van der Waals surface area contributed by atoms with Gasteiger partial charge < -0.3 is 20.1 Å². The number of methoxy groups -OCH3 is 2. The largest absolute Gasteiger partial charge is 0.496 e. The Morgan fingerprint density at radius 2 is 1.09 bits per heavy atom. The molecule has 0 bridgehead atoms. The fourth-order valence-electron chi connectivity index (χ4n) is 2.48. The third kappa shape index (κ3) is 4.94. The number of nitrogens with zero attached hydrogens (tertiary/aromatic N) is 2. The van der Waals surface area contributed by atoms with Crippen LogP contribution in [0.5, 0.6) is 11.5 Å². The van der Waals surface area contributed by atoms with Crippen LogP contribution in [0.2, 0.25) is 0 Å². The Morgan fingerprint density at radius 1 is 0.765 bits per heavy atom. The Morgan fingerprint density at radius 3 is 1.35 bits per heavy atom. The summed E-state index contributed by atoms with van der Waals surface area (Å²) < 4.78 is 66.7. The van der Waals surface area contributed by atoms with Gasteiger partial charge in [0.2, 0.25) is 0 Å². The Kier molecular flexibility index (Phi) is 7.24. The Labute approximate surface area is 186 Å². The van der Waals surface area contributed by atoms with E-state index in [1.54, 1.807) is 0 Å².